The predicted octanol–water partition coefficient (Wildman–Crippen LogP) is 5.24. The van der Waals surface area contributed by atoms with Gasteiger partial charge in [-0.2, -0.15) is 0 Å². The number of benzene rings is 3. The number of carbonyl (C=O) groups is 2. The number of carbonyl (C=O) groups excluding carboxylic acids is 2. The van der Waals surface area contributed by atoms with Crippen LogP contribution >= 0.6 is 11.3 Å². The highest BCUT2D eigenvalue weighted by molar-refractivity contribution is 7.17. The maximum atomic E-state index is 13.3. The Morgan fingerprint density at radius 1 is 0.909 bits per heavy atom. The number of hydrogen-bond donors (Lipinski definition) is 2. The van der Waals surface area contributed by atoms with E-state index in [2.05, 4.69) is 10.6 Å². The fourth-order valence-corrected chi connectivity index (χ4v) is 4.21. The predicted molar refractivity (Wildman–Crippen MR) is 132 cm³/mol. The van der Waals surface area contributed by atoms with E-state index in [0.29, 0.717) is 28.6 Å². The second-order valence-electron chi connectivity index (χ2n) is 7.15. The van der Waals surface area contributed by atoms with Gasteiger partial charge >= 0.3 is 0 Å². The number of nitrogens with one attached hydrogen (secondary N) is 2. The van der Waals surface area contributed by atoms with Crippen LogP contribution in [0.25, 0.3) is 21.8 Å². The minimum absolute atomic E-state index is 0.0846. The summed E-state index contributed by atoms with van der Waals surface area (Å²) in [6.07, 6.45) is 0. The Labute approximate surface area is 196 Å². The highest BCUT2D eigenvalue weighted by Gasteiger charge is 2.20. The molecule has 0 aliphatic rings. The molecule has 0 aliphatic carbocycles. The lowest BCUT2D eigenvalue weighted by molar-refractivity contribution is -0.122. The Hall–Kier alpha value is -3.97. The molecule has 0 bridgehead atoms. The molecule has 0 spiro atoms. The highest BCUT2D eigenvalue weighted by Crippen LogP contribution is 2.34. The Balaban J connectivity index is 1.58. The Bertz CT molecular complexity index is 1240. The fourth-order valence-electron chi connectivity index (χ4n) is 3.22. The van der Waals surface area contributed by atoms with Crippen LogP contribution < -0.4 is 15.4 Å². The number of anilines is 1. The van der Waals surface area contributed by atoms with E-state index in [1.807, 2.05) is 67.6 Å². The van der Waals surface area contributed by atoms with E-state index in [0.717, 1.165) is 16.1 Å². The third-order valence-electron chi connectivity index (χ3n) is 4.74. The number of likely N-dealkylation sites (N-methyl/N-ethyl adjacent to an activating group) is 1. The third-order valence-corrected chi connectivity index (χ3v) is 5.84. The molecule has 0 unspecified atom stereocenters. The molecule has 1 heterocycles. The monoisotopic (exact) mass is 457 g/mol. The SMILES string of the molecule is CCNC(=O)COc1cccc(NC(=O)c2sc(-c3ccccc3)nc2-c2ccccc2)c1. The second kappa shape index (κ2) is 10.6. The number of nitrogens with zero attached hydrogens (tertiary/aromatic N) is 1. The van der Waals surface area contributed by atoms with Gasteiger partial charge in [-0.3, -0.25) is 9.59 Å². The molecule has 0 saturated carbocycles. The summed E-state index contributed by atoms with van der Waals surface area (Å²) in [6, 6.07) is 26.4. The van der Waals surface area contributed by atoms with Gasteiger partial charge in [0.1, 0.15) is 15.6 Å². The molecule has 0 atom stereocenters. The van der Waals surface area contributed by atoms with Gasteiger partial charge < -0.3 is 15.4 Å². The first-order valence-electron chi connectivity index (χ1n) is 10.6. The molecular formula is C26H23N3O3S. The van der Waals surface area contributed by atoms with E-state index in [4.69, 9.17) is 9.72 Å². The first kappa shape index (κ1) is 22.2. The molecule has 4 aromatic rings. The summed E-state index contributed by atoms with van der Waals surface area (Å²) in [6.45, 7) is 2.31. The minimum atomic E-state index is -0.255. The lowest BCUT2D eigenvalue weighted by atomic mass is 10.1. The standard InChI is InChI=1S/C26H23N3O3S/c1-2-27-22(30)17-32-21-15-9-14-20(16-21)28-25(31)24-23(18-10-5-3-6-11-18)29-26(33-24)19-12-7-4-8-13-19/h3-16H,2,17H2,1H3,(H,27,30)(H,28,31). The largest absolute Gasteiger partial charge is 0.484 e. The Morgan fingerprint density at radius 2 is 1.61 bits per heavy atom. The van der Waals surface area contributed by atoms with Gasteiger partial charge in [0.15, 0.2) is 6.61 Å². The summed E-state index contributed by atoms with van der Waals surface area (Å²) < 4.78 is 5.53. The van der Waals surface area contributed by atoms with Crippen LogP contribution in [0, 0.1) is 0 Å². The molecule has 2 N–H and O–H groups in total. The minimum Gasteiger partial charge on any atom is -0.484 e. The zero-order valence-corrected chi connectivity index (χ0v) is 18.9. The third kappa shape index (κ3) is 5.64. The molecule has 166 valence electrons. The molecule has 6 nitrogen and oxygen atoms in total. The molecule has 3 aromatic carbocycles. The average molecular weight is 458 g/mol. The van der Waals surface area contributed by atoms with Crippen LogP contribution in [0.5, 0.6) is 5.75 Å². The summed E-state index contributed by atoms with van der Waals surface area (Å²) >= 11 is 1.35. The molecule has 0 saturated heterocycles. The van der Waals surface area contributed by atoms with Gasteiger partial charge in [0.2, 0.25) is 0 Å². The number of hydrogen-bond acceptors (Lipinski definition) is 5. The van der Waals surface area contributed by atoms with Gasteiger partial charge in [-0.15, -0.1) is 11.3 Å². The molecule has 0 aliphatic heterocycles. The molecule has 0 fully saturated rings. The molecule has 0 radical (unpaired) electrons. The van der Waals surface area contributed by atoms with Gasteiger partial charge in [0, 0.05) is 29.4 Å². The smallest absolute Gasteiger partial charge is 0.268 e. The summed E-state index contributed by atoms with van der Waals surface area (Å²) in [5.41, 5.74) is 3.04. The molecular weight excluding hydrogens is 434 g/mol. The van der Waals surface area contributed by atoms with Gasteiger partial charge in [-0.05, 0) is 19.1 Å². The van der Waals surface area contributed by atoms with Crippen LogP contribution in [0.15, 0.2) is 84.9 Å². The van der Waals surface area contributed by atoms with Crippen molar-refractivity contribution in [3.8, 4) is 27.6 Å². The van der Waals surface area contributed by atoms with Crippen molar-refractivity contribution in [2.24, 2.45) is 0 Å². The van der Waals surface area contributed by atoms with Crippen LogP contribution in [0.1, 0.15) is 16.6 Å². The van der Waals surface area contributed by atoms with E-state index < -0.39 is 0 Å². The second-order valence-corrected chi connectivity index (χ2v) is 8.15. The van der Waals surface area contributed by atoms with Crippen molar-refractivity contribution in [3.63, 3.8) is 0 Å². The molecule has 4 rings (SSSR count). The molecule has 1 aromatic heterocycles. The van der Waals surface area contributed by atoms with Crippen molar-refractivity contribution >= 4 is 28.8 Å². The topological polar surface area (TPSA) is 80.3 Å². The Kier molecular flexibility index (Phi) is 7.12. The van der Waals surface area contributed by atoms with Crippen molar-refractivity contribution in [1.29, 1.82) is 0 Å². The summed E-state index contributed by atoms with van der Waals surface area (Å²) in [5.74, 6) is 0.0450. The normalized spacial score (nSPS) is 10.5. The van der Waals surface area contributed by atoms with Crippen LogP contribution in [-0.2, 0) is 4.79 Å². The molecule has 33 heavy (non-hydrogen) atoms. The summed E-state index contributed by atoms with van der Waals surface area (Å²) in [5, 5.41) is 6.40. The van der Waals surface area contributed by atoms with E-state index in [1.54, 1.807) is 24.3 Å². The van der Waals surface area contributed by atoms with Crippen molar-refractivity contribution in [2.75, 3.05) is 18.5 Å². The van der Waals surface area contributed by atoms with E-state index in [-0.39, 0.29) is 18.4 Å². The zero-order valence-electron chi connectivity index (χ0n) is 18.1. The van der Waals surface area contributed by atoms with Gasteiger partial charge in [0.05, 0.1) is 5.69 Å². The average Bonchev–Trinajstić information content (AvgIpc) is 3.30. The summed E-state index contributed by atoms with van der Waals surface area (Å²) in [4.78, 5) is 30.2. The quantitative estimate of drug-likeness (QED) is 0.379. The Morgan fingerprint density at radius 3 is 2.30 bits per heavy atom. The van der Waals surface area contributed by atoms with Crippen molar-refractivity contribution in [3.05, 3.63) is 89.8 Å². The van der Waals surface area contributed by atoms with Gasteiger partial charge in [-0.25, -0.2) is 4.98 Å². The molecule has 2 amide bonds. The lowest BCUT2D eigenvalue weighted by Gasteiger charge is -2.09. The fraction of sp³-hybridized carbons (Fsp3) is 0.115. The number of amides is 2. The maximum Gasteiger partial charge on any atom is 0.268 e. The highest BCUT2D eigenvalue weighted by atomic mass is 32.1. The number of rotatable bonds is 8. The maximum absolute atomic E-state index is 13.3. The first-order valence-corrected chi connectivity index (χ1v) is 11.4. The van der Waals surface area contributed by atoms with Crippen molar-refractivity contribution in [2.45, 2.75) is 6.92 Å². The number of ether oxygens (including phenoxy) is 1. The van der Waals surface area contributed by atoms with Crippen LogP contribution in [-0.4, -0.2) is 29.9 Å². The molecule has 7 heteroatoms. The van der Waals surface area contributed by atoms with Crippen LogP contribution in [0.4, 0.5) is 5.69 Å². The number of thiazole rings is 1. The number of aromatic nitrogens is 1. The van der Waals surface area contributed by atoms with Crippen molar-refractivity contribution < 1.29 is 14.3 Å². The van der Waals surface area contributed by atoms with Crippen molar-refractivity contribution in [1.82, 2.24) is 10.3 Å². The van der Waals surface area contributed by atoms with Crippen LogP contribution in [0.2, 0.25) is 0 Å². The first-order chi connectivity index (χ1) is 16.1. The van der Waals surface area contributed by atoms with Crippen LogP contribution in [0.3, 0.4) is 0 Å². The van der Waals surface area contributed by atoms with E-state index >= 15 is 0 Å². The summed E-state index contributed by atoms with van der Waals surface area (Å²) in [7, 11) is 0. The van der Waals surface area contributed by atoms with E-state index in [9.17, 15) is 9.59 Å². The van der Waals surface area contributed by atoms with Gasteiger partial charge in [-0.1, -0.05) is 66.7 Å². The van der Waals surface area contributed by atoms with Gasteiger partial charge in [0.25, 0.3) is 11.8 Å². The zero-order chi connectivity index (χ0) is 23.0. The lowest BCUT2D eigenvalue weighted by Crippen LogP contribution is -2.28. The van der Waals surface area contributed by atoms with E-state index in [1.165, 1.54) is 11.3 Å².